The van der Waals surface area contributed by atoms with Crippen molar-refractivity contribution in [3.05, 3.63) is 113 Å². The van der Waals surface area contributed by atoms with E-state index in [0.29, 0.717) is 22.6 Å². The van der Waals surface area contributed by atoms with Crippen molar-refractivity contribution in [3.63, 3.8) is 0 Å². The summed E-state index contributed by atoms with van der Waals surface area (Å²) in [5, 5.41) is 12.8. The number of para-hydroxylation sites is 3. The van der Waals surface area contributed by atoms with Crippen molar-refractivity contribution in [2.75, 3.05) is 17.4 Å². The molecule has 0 spiro atoms. The maximum Gasteiger partial charge on any atom is 0.418 e. The van der Waals surface area contributed by atoms with Crippen LogP contribution in [0.2, 0.25) is 0 Å². The zero-order chi connectivity index (χ0) is 40.7. The van der Waals surface area contributed by atoms with Gasteiger partial charge in [-0.3, -0.25) is 19.2 Å². The topological polar surface area (TPSA) is 169 Å². The highest BCUT2D eigenvalue weighted by atomic mass is 19.4. The second kappa shape index (κ2) is 16.8. The van der Waals surface area contributed by atoms with E-state index >= 15 is 0 Å². The monoisotopic (exact) mass is 796 g/mol. The number of carbonyl (C=O) groups is 4. The Hall–Kier alpha value is -6.92. The van der Waals surface area contributed by atoms with Crippen molar-refractivity contribution in [3.8, 4) is 17.2 Å². The Morgan fingerprint density at radius 1 is 0.596 bits per heavy atom. The van der Waals surface area contributed by atoms with Crippen LogP contribution in [0.5, 0.6) is 17.2 Å². The van der Waals surface area contributed by atoms with Gasteiger partial charge < -0.3 is 24.8 Å². The van der Waals surface area contributed by atoms with Gasteiger partial charge in [0.05, 0.1) is 22.5 Å². The van der Waals surface area contributed by atoms with Crippen molar-refractivity contribution >= 4 is 46.4 Å². The molecule has 2 heterocycles. The standard InChI is InChI=1S/C38H30F6N6O7/c39-37(40,41)23-8-2-4-10-25(23)45-30(51)15-17-32(53)47-49-34-22-7-1-6-12-27(22)57-36(21-13-14-28-29(19-21)56-20-55-28)35(34)50-48-33(54)18-16-31(52)46-26-11-5-3-9-24(26)38(42,43)44/h1-14,19,36H,15-18,20H2,(H,45,51)(H,46,52)(H,47,53)(H,48,54)/b49-34-,50-35+/t36-/m0/s1. The van der Waals surface area contributed by atoms with Gasteiger partial charge in [0.1, 0.15) is 17.2 Å². The van der Waals surface area contributed by atoms with Crippen molar-refractivity contribution < 1.29 is 59.7 Å². The lowest BCUT2D eigenvalue weighted by Gasteiger charge is -2.29. The summed E-state index contributed by atoms with van der Waals surface area (Å²) in [6.45, 7) is -0.0366. The summed E-state index contributed by atoms with van der Waals surface area (Å²) in [7, 11) is 0. The van der Waals surface area contributed by atoms with Crippen molar-refractivity contribution in [2.45, 2.75) is 44.1 Å². The van der Waals surface area contributed by atoms with Gasteiger partial charge in [-0.15, -0.1) is 0 Å². The number of hydrazone groups is 2. The van der Waals surface area contributed by atoms with Gasteiger partial charge in [0, 0.05) is 36.8 Å². The third-order valence-corrected chi connectivity index (χ3v) is 8.34. The number of hydrogen-bond acceptors (Lipinski definition) is 9. The molecule has 2 aliphatic heterocycles. The zero-order valence-corrected chi connectivity index (χ0v) is 29.3. The first-order chi connectivity index (χ1) is 27.2. The molecule has 0 saturated carbocycles. The summed E-state index contributed by atoms with van der Waals surface area (Å²) in [4.78, 5) is 51.0. The number of carbonyl (C=O) groups excluding carboxylic acids is 4. The second-order valence-electron chi connectivity index (χ2n) is 12.3. The smallest absolute Gasteiger partial charge is 0.418 e. The van der Waals surface area contributed by atoms with Crippen LogP contribution < -0.4 is 35.7 Å². The molecule has 0 fully saturated rings. The average molecular weight is 797 g/mol. The summed E-state index contributed by atoms with van der Waals surface area (Å²) >= 11 is 0. The van der Waals surface area contributed by atoms with Crippen LogP contribution in [0.1, 0.15) is 54.0 Å². The SMILES string of the molecule is O=C(CCC(=O)Nc1ccccc1C(F)(F)F)N/N=C1\C(=N/NC(=O)CCC(=O)Nc2ccccc2C(F)(F)F)[C@H](c2ccc3c(c2)OCO3)Oc2ccccc21. The number of nitrogens with zero attached hydrogens (tertiary/aromatic N) is 2. The van der Waals surface area contributed by atoms with Crippen LogP contribution in [0.25, 0.3) is 0 Å². The van der Waals surface area contributed by atoms with E-state index in [4.69, 9.17) is 14.2 Å². The van der Waals surface area contributed by atoms with E-state index in [-0.39, 0.29) is 24.0 Å². The van der Waals surface area contributed by atoms with Gasteiger partial charge in [0.2, 0.25) is 30.4 Å². The third kappa shape index (κ3) is 9.85. The highest BCUT2D eigenvalue weighted by Crippen LogP contribution is 2.39. The van der Waals surface area contributed by atoms with Crippen molar-refractivity contribution in [1.82, 2.24) is 10.9 Å². The minimum atomic E-state index is -4.73. The van der Waals surface area contributed by atoms with E-state index in [1.807, 2.05) is 0 Å². The van der Waals surface area contributed by atoms with Crippen molar-refractivity contribution in [2.24, 2.45) is 10.2 Å². The molecule has 0 saturated heterocycles. The van der Waals surface area contributed by atoms with Crippen LogP contribution in [-0.2, 0) is 31.5 Å². The molecule has 0 unspecified atom stereocenters. The van der Waals surface area contributed by atoms with Crippen LogP contribution in [0.15, 0.2) is 101 Å². The molecule has 0 aromatic heterocycles. The van der Waals surface area contributed by atoms with Gasteiger partial charge in [0.15, 0.2) is 17.6 Å². The van der Waals surface area contributed by atoms with E-state index in [1.54, 1.807) is 42.5 Å². The Morgan fingerprint density at radius 3 is 1.70 bits per heavy atom. The summed E-state index contributed by atoms with van der Waals surface area (Å²) in [6, 6.07) is 20.1. The fourth-order valence-corrected chi connectivity index (χ4v) is 5.65. The molecule has 296 valence electrons. The van der Waals surface area contributed by atoms with Crippen LogP contribution >= 0.6 is 0 Å². The first kappa shape index (κ1) is 39.8. The number of alkyl halides is 6. The van der Waals surface area contributed by atoms with E-state index in [0.717, 1.165) is 24.3 Å². The molecule has 0 bridgehead atoms. The molecule has 57 heavy (non-hydrogen) atoms. The van der Waals surface area contributed by atoms with Crippen LogP contribution in [0, 0.1) is 0 Å². The highest BCUT2D eigenvalue weighted by Gasteiger charge is 2.36. The number of hydrogen-bond donors (Lipinski definition) is 4. The molecule has 4 N–H and O–H groups in total. The van der Waals surface area contributed by atoms with Gasteiger partial charge in [-0.1, -0.05) is 42.5 Å². The molecule has 6 rings (SSSR count). The van der Waals surface area contributed by atoms with Crippen LogP contribution in [-0.4, -0.2) is 41.8 Å². The number of nitrogens with one attached hydrogen (secondary N) is 4. The number of anilines is 2. The molecule has 4 amide bonds. The van der Waals surface area contributed by atoms with Gasteiger partial charge in [0.25, 0.3) is 0 Å². The Morgan fingerprint density at radius 2 is 1.11 bits per heavy atom. The summed E-state index contributed by atoms with van der Waals surface area (Å²) in [5.41, 5.74) is 2.27. The first-order valence-electron chi connectivity index (χ1n) is 17.0. The minimum absolute atomic E-state index is 0.00164. The lowest BCUT2D eigenvalue weighted by molar-refractivity contribution is -0.138. The summed E-state index contributed by atoms with van der Waals surface area (Å²) in [6.07, 6.45) is -12.6. The lowest BCUT2D eigenvalue weighted by atomic mass is 9.93. The maximum atomic E-state index is 13.4. The number of benzene rings is 4. The Bertz CT molecular complexity index is 2260. The molecule has 2 aliphatic rings. The first-order valence-corrected chi connectivity index (χ1v) is 17.0. The second-order valence-corrected chi connectivity index (χ2v) is 12.3. The quantitative estimate of drug-likeness (QED) is 0.0966. The van der Waals surface area contributed by atoms with Gasteiger partial charge in [-0.2, -0.15) is 36.5 Å². The number of ether oxygens (including phenoxy) is 3. The Kier molecular flexibility index (Phi) is 11.7. The van der Waals surface area contributed by atoms with Gasteiger partial charge >= 0.3 is 12.4 Å². The average Bonchev–Trinajstić information content (AvgIpc) is 3.65. The van der Waals surface area contributed by atoms with E-state index in [2.05, 4.69) is 31.7 Å². The number of rotatable bonds is 11. The van der Waals surface area contributed by atoms with Crippen LogP contribution in [0.3, 0.4) is 0 Å². The lowest BCUT2D eigenvalue weighted by Crippen LogP contribution is -2.37. The van der Waals surface area contributed by atoms with Crippen molar-refractivity contribution in [1.29, 1.82) is 0 Å². The molecule has 0 radical (unpaired) electrons. The van der Waals surface area contributed by atoms with Crippen LogP contribution in [0.4, 0.5) is 37.7 Å². The molecule has 0 aliphatic carbocycles. The largest absolute Gasteiger partial charge is 0.478 e. The van der Waals surface area contributed by atoms with E-state index < -0.39 is 90.3 Å². The van der Waals surface area contributed by atoms with E-state index in [1.165, 1.54) is 24.3 Å². The zero-order valence-electron chi connectivity index (χ0n) is 29.3. The molecule has 4 aromatic carbocycles. The molecule has 4 aromatic rings. The fourth-order valence-electron chi connectivity index (χ4n) is 5.65. The number of amides is 4. The Balaban J connectivity index is 1.20. The molecular weight excluding hydrogens is 766 g/mol. The molecular formula is C38H30F6N6O7. The Labute approximate surface area is 319 Å². The van der Waals surface area contributed by atoms with E-state index in [9.17, 15) is 45.5 Å². The molecule has 19 heteroatoms. The molecule has 1 atom stereocenters. The third-order valence-electron chi connectivity index (χ3n) is 8.34. The predicted molar refractivity (Wildman–Crippen MR) is 191 cm³/mol. The number of halogens is 6. The highest BCUT2D eigenvalue weighted by molar-refractivity contribution is 6.51. The summed E-state index contributed by atoms with van der Waals surface area (Å²) < 4.78 is 97.5. The number of fused-ring (bicyclic) bond motifs is 2. The normalized spacial score (nSPS) is 16.0. The van der Waals surface area contributed by atoms with Gasteiger partial charge in [-0.05, 0) is 48.5 Å². The molecule has 13 nitrogen and oxygen atoms in total. The minimum Gasteiger partial charge on any atom is -0.478 e. The summed E-state index contributed by atoms with van der Waals surface area (Å²) in [5.74, 6) is -2.23. The van der Waals surface area contributed by atoms with Gasteiger partial charge in [-0.25, -0.2) is 10.9 Å². The predicted octanol–water partition coefficient (Wildman–Crippen LogP) is 6.72. The maximum absolute atomic E-state index is 13.4. The fraction of sp³-hybridized carbons (Fsp3) is 0.211.